The van der Waals surface area contributed by atoms with Crippen molar-refractivity contribution in [2.75, 3.05) is 5.32 Å². The van der Waals surface area contributed by atoms with E-state index in [1.165, 1.54) is 12.1 Å². The van der Waals surface area contributed by atoms with E-state index < -0.39 is 16.4 Å². The number of rotatable bonds is 3. The number of halogens is 2. The van der Waals surface area contributed by atoms with Crippen molar-refractivity contribution < 1.29 is 9.31 Å². The zero-order chi connectivity index (χ0) is 14.7. The van der Waals surface area contributed by atoms with Gasteiger partial charge in [-0.05, 0) is 18.2 Å². The van der Waals surface area contributed by atoms with Crippen LogP contribution in [0.5, 0.6) is 0 Å². The Bertz CT molecular complexity index is 731. The second kappa shape index (κ2) is 5.46. The van der Waals surface area contributed by atoms with Crippen molar-refractivity contribution in [3.63, 3.8) is 0 Å². The van der Waals surface area contributed by atoms with E-state index in [4.69, 9.17) is 16.9 Å². The molecule has 1 aromatic carbocycles. The fourth-order valence-corrected chi connectivity index (χ4v) is 1.63. The number of anilines is 2. The molecule has 0 amide bonds. The van der Waals surface area contributed by atoms with E-state index in [-0.39, 0.29) is 22.2 Å². The van der Waals surface area contributed by atoms with E-state index in [0.717, 1.165) is 12.4 Å². The first-order chi connectivity index (χ1) is 9.52. The fourth-order valence-electron chi connectivity index (χ4n) is 1.42. The summed E-state index contributed by atoms with van der Waals surface area (Å²) in [4.78, 5) is 17.3. The number of nitrogens with zero attached hydrogens (tertiary/aromatic N) is 4. The summed E-state index contributed by atoms with van der Waals surface area (Å²) in [7, 11) is 0. The molecule has 2 rings (SSSR count). The molecule has 0 saturated heterocycles. The fraction of sp³-hybridized carbons (Fsp3) is 0. The third-order valence-electron chi connectivity index (χ3n) is 2.31. The van der Waals surface area contributed by atoms with Gasteiger partial charge in [-0.3, -0.25) is 10.1 Å². The van der Waals surface area contributed by atoms with Crippen molar-refractivity contribution in [1.82, 2.24) is 9.97 Å². The Morgan fingerprint density at radius 3 is 2.80 bits per heavy atom. The Hall–Kier alpha value is -2.79. The first-order valence-corrected chi connectivity index (χ1v) is 5.52. The number of nitrogens with one attached hydrogen (secondary N) is 1. The van der Waals surface area contributed by atoms with Crippen LogP contribution >= 0.6 is 11.6 Å². The summed E-state index contributed by atoms with van der Waals surface area (Å²) < 4.78 is 13.7. The van der Waals surface area contributed by atoms with Crippen LogP contribution in [0.25, 0.3) is 0 Å². The van der Waals surface area contributed by atoms with Gasteiger partial charge >= 0.3 is 5.69 Å². The highest BCUT2D eigenvalue weighted by Crippen LogP contribution is 2.31. The standard InChI is InChI=1S/C11H5ClFN5O2/c12-10-9(18(19)20)11(16-5-15-10)17-8-2-1-6(4-14)3-7(8)13/h1-3,5H,(H,15,16,17). The summed E-state index contributed by atoms with van der Waals surface area (Å²) in [5.41, 5.74) is -0.497. The minimum absolute atomic E-state index is 0.0677. The second-order valence-corrected chi connectivity index (χ2v) is 3.91. The van der Waals surface area contributed by atoms with Gasteiger partial charge in [0.05, 0.1) is 22.2 Å². The summed E-state index contributed by atoms with van der Waals surface area (Å²) in [5.74, 6) is -0.980. The van der Waals surface area contributed by atoms with Crippen molar-refractivity contribution in [3.8, 4) is 6.07 Å². The molecule has 1 N–H and O–H groups in total. The molecule has 0 saturated carbocycles. The van der Waals surface area contributed by atoms with Crippen LogP contribution in [0.2, 0.25) is 5.15 Å². The molecule has 9 heteroatoms. The van der Waals surface area contributed by atoms with Gasteiger partial charge in [-0.25, -0.2) is 14.4 Å². The number of aromatic nitrogens is 2. The summed E-state index contributed by atoms with van der Waals surface area (Å²) in [6.45, 7) is 0. The van der Waals surface area contributed by atoms with E-state index in [0.29, 0.717) is 0 Å². The SMILES string of the molecule is N#Cc1ccc(Nc2ncnc(Cl)c2[N+](=O)[O-])c(F)c1. The molecule has 2 aromatic rings. The van der Waals surface area contributed by atoms with Gasteiger partial charge < -0.3 is 5.32 Å². The van der Waals surface area contributed by atoms with E-state index >= 15 is 0 Å². The number of hydrogen-bond donors (Lipinski definition) is 1. The van der Waals surface area contributed by atoms with Gasteiger partial charge in [-0.15, -0.1) is 0 Å². The van der Waals surface area contributed by atoms with Crippen LogP contribution in [0.15, 0.2) is 24.5 Å². The maximum atomic E-state index is 13.7. The molecule has 0 fully saturated rings. The average molecular weight is 294 g/mol. The summed E-state index contributed by atoms with van der Waals surface area (Å²) in [6.07, 6.45) is 1.01. The molecule has 0 atom stereocenters. The molecule has 1 aromatic heterocycles. The van der Waals surface area contributed by atoms with Crippen molar-refractivity contribution in [3.05, 3.63) is 51.2 Å². The third-order valence-corrected chi connectivity index (χ3v) is 2.59. The molecule has 7 nitrogen and oxygen atoms in total. The first-order valence-electron chi connectivity index (χ1n) is 5.14. The zero-order valence-corrected chi connectivity index (χ0v) is 10.4. The highest BCUT2D eigenvalue weighted by molar-refractivity contribution is 6.31. The summed E-state index contributed by atoms with van der Waals surface area (Å²) in [6, 6.07) is 5.40. The molecule has 0 radical (unpaired) electrons. The Kier molecular flexibility index (Phi) is 3.72. The Morgan fingerprint density at radius 2 is 2.20 bits per heavy atom. The molecule has 1 heterocycles. The molecule has 0 unspecified atom stereocenters. The van der Waals surface area contributed by atoms with Crippen LogP contribution in [0, 0.1) is 27.3 Å². The monoisotopic (exact) mass is 293 g/mol. The van der Waals surface area contributed by atoms with E-state index in [2.05, 4.69) is 15.3 Å². The lowest BCUT2D eigenvalue weighted by atomic mass is 10.2. The lowest BCUT2D eigenvalue weighted by molar-refractivity contribution is -0.384. The minimum Gasteiger partial charge on any atom is -0.332 e. The Balaban J connectivity index is 2.43. The van der Waals surface area contributed by atoms with Crippen molar-refractivity contribution in [2.45, 2.75) is 0 Å². The van der Waals surface area contributed by atoms with Gasteiger partial charge in [-0.1, -0.05) is 11.6 Å². The number of nitro groups is 1. The number of nitriles is 1. The normalized spacial score (nSPS) is 9.85. The summed E-state index contributed by atoms with van der Waals surface area (Å²) in [5, 5.41) is 21.6. The zero-order valence-electron chi connectivity index (χ0n) is 9.67. The van der Waals surface area contributed by atoms with Crippen molar-refractivity contribution in [1.29, 1.82) is 5.26 Å². The van der Waals surface area contributed by atoms with Crippen LogP contribution < -0.4 is 5.32 Å². The van der Waals surface area contributed by atoms with Crippen molar-refractivity contribution >= 4 is 28.8 Å². The van der Waals surface area contributed by atoms with E-state index in [9.17, 15) is 14.5 Å². The number of benzene rings is 1. The molecule has 0 spiro atoms. The smallest absolute Gasteiger partial charge is 0.332 e. The van der Waals surface area contributed by atoms with Gasteiger partial charge in [0.2, 0.25) is 11.0 Å². The average Bonchev–Trinajstić information content (AvgIpc) is 2.40. The van der Waals surface area contributed by atoms with Crippen LogP contribution in [0.4, 0.5) is 21.6 Å². The predicted octanol–water partition coefficient (Wildman–Crippen LogP) is 2.79. The summed E-state index contributed by atoms with van der Waals surface area (Å²) >= 11 is 5.61. The van der Waals surface area contributed by atoms with Crippen LogP contribution in [-0.4, -0.2) is 14.9 Å². The van der Waals surface area contributed by atoms with Gasteiger partial charge in [0, 0.05) is 0 Å². The molecule has 0 aliphatic carbocycles. The molecule has 0 aliphatic rings. The first kappa shape index (κ1) is 13.6. The lowest BCUT2D eigenvalue weighted by Crippen LogP contribution is -2.03. The quantitative estimate of drug-likeness (QED) is 0.530. The molecule has 100 valence electrons. The van der Waals surface area contributed by atoms with Crippen LogP contribution in [0.3, 0.4) is 0 Å². The highest BCUT2D eigenvalue weighted by Gasteiger charge is 2.22. The van der Waals surface area contributed by atoms with E-state index in [1.54, 1.807) is 6.07 Å². The molecular formula is C11H5ClFN5O2. The number of hydrogen-bond acceptors (Lipinski definition) is 6. The van der Waals surface area contributed by atoms with Gasteiger partial charge in [-0.2, -0.15) is 5.26 Å². The van der Waals surface area contributed by atoms with Crippen LogP contribution in [-0.2, 0) is 0 Å². The predicted molar refractivity (Wildman–Crippen MR) is 68.1 cm³/mol. The van der Waals surface area contributed by atoms with Crippen molar-refractivity contribution in [2.24, 2.45) is 0 Å². The second-order valence-electron chi connectivity index (χ2n) is 3.55. The third kappa shape index (κ3) is 2.62. The van der Waals surface area contributed by atoms with Gasteiger partial charge in [0.1, 0.15) is 12.1 Å². The minimum atomic E-state index is -0.772. The Morgan fingerprint density at radius 1 is 1.45 bits per heavy atom. The topological polar surface area (TPSA) is 105 Å². The lowest BCUT2D eigenvalue weighted by Gasteiger charge is -2.07. The van der Waals surface area contributed by atoms with E-state index in [1.807, 2.05) is 0 Å². The largest absolute Gasteiger partial charge is 0.348 e. The maximum absolute atomic E-state index is 13.7. The maximum Gasteiger partial charge on any atom is 0.348 e. The molecule has 0 aliphatic heterocycles. The molecule has 0 bridgehead atoms. The van der Waals surface area contributed by atoms with Gasteiger partial charge in [0.25, 0.3) is 0 Å². The van der Waals surface area contributed by atoms with Crippen LogP contribution in [0.1, 0.15) is 5.56 Å². The highest BCUT2D eigenvalue weighted by atomic mass is 35.5. The van der Waals surface area contributed by atoms with Gasteiger partial charge in [0.15, 0.2) is 0 Å². The molecular weight excluding hydrogens is 289 g/mol. The Labute approximate surface area is 116 Å². The molecule has 20 heavy (non-hydrogen) atoms.